The van der Waals surface area contributed by atoms with Crippen molar-refractivity contribution in [2.45, 2.75) is 11.7 Å². The number of carbonyl (C=O) groups is 2. The van der Waals surface area contributed by atoms with Gasteiger partial charge < -0.3 is 10.2 Å². The maximum Gasteiger partial charge on any atom is 0.244 e. The number of halogens is 1. The van der Waals surface area contributed by atoms with Gasteiger partial charge in [-0.2, -0.15) is 0 Å². The fourth-order valence-corrected chi connectivity index (χ4v) is 4.62. The summed E-state index contributed by atoms with van der Waals surface area (Å²) in [6.45, 7) is 0.372. The second kappa shape index (κ2) is 9.48. The summed E-state index contributed by atoms with van der Waals surface area (Å²) in [6, 6.07) is 23.3. The highest BCUT2D eigenvalue weighted by molar-refractivity contribution is 7.99. The minimum absolute atomic E-state index is 0.0474. The first-order valence-corrected chi connectivity index (χ1v) is 11.6. The first kappa shape index (κ1) is 21.8. The van der Waals surface area contributed by atoms with Gasteiger partial charge in [0.2, 0.25) is 11.8 Å². The molecule has 1 aliphatic rings. The zero-order valence-electron chi connectivity index (χ0n) is 18.0. The normalized spacial score (nSPS) is 12.9. The van der Waals surface area contributed by atoms with Gasteiger partial charge in [-0.15, -0.1) is 10.2 Å². The molecule has 0 saturated carbocycles. The van der Waals surface area contributed by atoms with Crippen LogP contribution in [0.5, 0.6) is 0 Å². The predicted octanol–water partition coefficient (Wildman–Crippen LogP) is 4.21. The summed E-state index contributed by atoms with van der Waals surface area (Å²) in [7, 11) is 0. The molecule has 1 N–H and O–H groups in total. The van der Waals surface area contributed by atoms with E-state index >= 15 is 0 Å². The molecule has 0 spiro atoms. The number of anilines is 2. The van der Waals surface area contributed by atoms with E-state index in [1.165, 1.54) is 22.7 Å². The quantitative estimate of drug-likeness (QED) is 0.425. The molecule has 0 atom stereocenters. The highest BCUT2D eigenvalue weighted by Crippen LogP contribution is 2.31. The Morgan fingerprint density at radius 1 is 0.971 bits per heavy atom. The van der Waals surface area contributed by atoms with E-state index < -0.39 is 5.82 Å². The molecule has 0 fully saturated rings. The van der Waals surface area contributed by atoms with Gasteiger partial charge >= 0.3 is 0 Å². The third kappa shape index (κ3) is 4.42. The fourth-order valence-electron chi connectivity index (χ4n) is 3.81. The smallest absolute Gasteiger partial charge is 0.244 e. The van der Waals surface area contributed by atoms with Gasteiger partial charge in [-0.3, -0.25) is 14.2 Å². The topological polar surface area (TPSA) is 80.1 Å². The van der Waals surface area contributed by atoms with Crippen LogP contribution in [-0.2, 0) is 16.1 Å². The first-order chi connectivity index (χ1) is 16.6. The summed E-state index contributed by atoms with van der Waals surface area (Å²) in [5, 5.41) is 11.8. The minimum Gasteiger partial charge on any atom is -0.323 e. The minimum atomic E-state index is -0.396. The highest BCUT2D eigenvalue weighted by Gasteiger charge is 2.27. The van der Waals surface area contributed by atoms with Crippen molar-refractivity contribution in [2.75, 3.05) is 22.5 Å². The van der Waals surface area contributed by atoms with Crippen LogP contribution in [0.3, 0.4) is 0 Å². The highest BCUT2D eigenvalue weighted by atomic mass is 32.2. The molecule has 1 aromatic heterocycles. The van der Waals surface area contributed by atoms with Crippen molar-refractivity contribution in [1.82, 2.24) is 14.8 Å². The average Bonchev–Trinajstić information content (AvgIpc) is 3.25. The monoisotopic (exact) mass is 473 g/mol. The lowest BCUT2D eigenvalue weighted by molar-refractivity contribution is -0.120. The van der Waals surface area contributed by atoms with Crippen LogP contribution in [-0.4, -0.2) is 38.9 Å². The third-order valence-electron chi connectivity index (χ3n) is 5.41. The largest absolute Gasteiger partial charge is 0.323 e. The molecule has 4 aromatic rings. The van der Waals surface area contributed by atoms with Gasteiger partial charge in [0.15, 0.2) is 11.0 Å². The number of hydrogen-bond donors (Lipinski definition) is 1. The van der Waals surface area contributed by atoms with Crippen molar-refractivity contribution in [3.05, 3.63) is 90.2 Å². The summed E-state index contributed by atoms with van der Waals surface area (Å²) in [4.78, 5) is 26.6. The lowest BCUT2D eigenvalue weighted by Gasteiger charge is -2.29. The summed E-state index contributed by atoms with van der Waals surface area (Å²) in [6.07, 6.45) is 0. The molecule has 0 unspecified atom stereocenters. The fraction of sp³-hybridized carbons (Fsp3) is 0.120. The lowest BCUT2D eigenvalue weighted by atomic mass is 10.2. The zero-order valence-corrected chi connectivity index (χ0v) is 18.8. The molecule has 0 saturated heterocycles. The van der Waals surface area contributed by atoms with Crippen molar-refractivity contribution in [2.24, 2.45) is 0 Å². The number of rotatable bonds is 6. The first-order valence-electron chi connectivity index (χ1n) is 10.6. The second-order valence-corrected chi connectivity index (χ2v) is 8.63. The van der Waals surface area contributed by atoms with Gasteiger partial charge in [0.1, 0.15) is 12.4 Å². The van der Waals surface area contributed by atoms with E-state index in [-0.39, 0.29) is 24.1 Å². The maximum atomic E-state index is 14.6. The van der Waals surface area contributed by atoms with E-state index in [0.29, 0.717) is 34.5 Å². The Labute approximate surface area is 199 Å². The molecule has 9 heteroatoms. The van der Waals surface area contributed by atoms with Gasteiger partial charge in [-0.25, -0.2) is 4.39 Å². The molecule has 2 heterocycles. The molecule has 5 rings (SSSR count). The molecule has 3 aromatic carbocycles. The van der Waals surface area contributed by atoms with Crippen LogP contribution in [0, 0.1) is 5.82 Å². The van der Waals surface area contributed by atoms with Gasteiger partial charge in [-0.1, -0.05) is 66.4 Å². The maximum absolute atomic E-state index is 14.6. The standard InChI is InChI=1S/C25H20FN5O2S/c26-19-11-5-4-10-18(19)24-28-29-25(31(24)14-17-8-2-1-3-9-17)34-16-23(33)30-15-22(32)27-20-12-6-7-13-21(20)30/h1-13H,14-16H2,(H,27,32). The number of hydrogen-bond acceptors (Lipinski definition) is 5. The zero-order chi connectivity index (χ0) is 23.5. The summed E-state index contributed by atoms with van der Waals surface area (Å²) in [5.41, 5.74) is 2.59. The van der Waals surface area contributed by atoms with E-state index in [9.17, 15) is 14.0 Å². The predicted molar refractivity (Wildman–Crippen MR) is 129 cm³/mol. The number of fused-ring (bicyclic) bond motifs is 1. The van der Waals surface area contributed by atoms with Crippen LogP contribution in [0.15, 0.2) is 84.0 Å². The van der Waals surface area contributed by atoms with E-state index in [2.05, 4.69) is 15.5 Å². The lowest BCUT2D eigenvalue weighted by Crippen LogP contribution is -2.43. The SMILES string of the molecule is O=C1CN(C(=O)CSc2nnc(-c3ccccc3F)n2Cc2ccccc2)c2ccccc2N1. The Morgan fingerprint density at radius 3 is 2.53 bits per heavy atom. The van der Waals surface area contributed by atoms with Gasteiger partial charge in [0, 0.05) is 0 Å². The van der Waals surface area contributed by atoms with Crippen LogP contribution in [0.25, 0.3) is 11.4 Å². The summed E-state index contributed by atoms with van der Waals surface area (Å²) >= 11 is 1.21. The average molecular weight is 474 g/mol. The Morgan fingerprint density at radius 2 is 1.71 bits per heavy atom. The van der Waals surface area contributed by atoms with E-state index in [1.54, 1.807) is 36.4 Å². The number of carbonyl (C=O) groups excluding carboxylic acids is 2. The van der Waals surface area contributed by atoms with Crippen LogP contribution in [0.4, 0.5) is 15.8 Å². The van der Waals surface area contributed by atoms with E-state index in [0.717, 1.165) is 5.56 Å². The Kier molecular flexibility index (Phi) is 6.09. The Hall–Kier alpha value is -3.98. The Balaban J connectivity index is 1.42. The van der Waals surface area contributed by atoms with E-state index in [4.69, 9.17) is 0 Å². The molecule has 0 radical (unpaired) electrons. The molecule has 0 aliphatic carbocycles. The van der Waals surface area contributed by atoms with Gasteiger partial charge in [0.05, 0.1) is 29.2 Å². The number of nitrogens with zero attached hydrogens (tertiary/aromatic N) is 4. The van der Waals surface area contributed by atoms with Gasteiger partial charge in [0.25, 0.3) is 0 Å². The molecule has 34 heavy (non-hydrogen) atoms. The molecule has 2 amide bonds. The summed E-state index contributed by atoms with van der Waals surface area (Å²) in [5.74, 6) is -0.432. The number of nitrogens with one attached hydrogen (secondary N) is 1. The summed E-state index contributed by atoms with van der Waals surface area (Å²) < 4.78 is 16.4. The van der Waals surface area contributed by atoms with Crippen LogP contribution in [0.1, 0.15) is 5.56 Å². The number of thioether (sulfide) groups is 1. The number of benzene rings is 3. The molecular weight excluding hydrogens is 453 g/mol. The van der Waals surface area contributed by atoms with Crippen molar-refractivity contribution >= 4 is 35.0 Å². The molecule has 170 valence electrons. The van der Waals surface area contributed by atoms with Crippen molar-refractivity contribution in [3.8, 4) is 11.4 Å². The number of aromatic nitrogens is 3. The molecule has 1 aliphatic heterocycles. The molecule has 7 nitrogen and oxygen atoms in total. The van der Waals surface area contributed by atoms with Gasteiger partial charge in [-0.05, 0) is 29.8 Å². The van der Waals surface area contributed by atoms with Crippen LogP contribution < -0.4 is 10.2 Å². The third-order valence-corrected chi connectivity index (χ3v) is 6.36. The number of amides is 2. The van der Waals surface area contributed by atoms with Crippen molar-refractivity contribution < 1.29 is 14.0 Å². The Bertz CT molecular complexity index is 1360. The second-order valence-electron chi connectivity index (χ2n) is 7.69. The van der Waals surface area contributed by atoms with E-state index in [1.807, 2.05) is 41.0 Å². The van der Waals surface area contributed by atoms with Crippen LogP contribution in [0.2, 0.25) is 0 Å². The van der Waals surface area contributed by atoms with Crippen LogP contribution >= 0.6 is 11.8 Å². The number of para-hydroxylation sites is 2. The molecule has 0 bridgehead atoms. The van der Waals surface area contributed by atoms with Crippen molar-refractivity contribution in [1.29, 1.82) is 0 Å². The molecular formula is C25H20FN5O2S. The van der Waals surface area contributed by atoms with Crippen molar-refractivity contribution in [3.63, 3.8) is 0 Å².